The van der Waals surface area contributed by atoms with Gasteiger partial charge < -0.3 is 21.7 Å². The predicted octanol–water partition coefficient (Wildman–Crippen LogP) is 2.49. The highest BCUT2D eigenvalue weighted by atomic mass is 35.5. The molecule has 4 rings (SSSR count). The molecule has 0 spiro atoms. The number of benzene rings is 1. The molecule has 1 fully saturated rings. The molecule has 1 aromatic carbocycles. The summed E-state index contributed by atoms with van der Waals surface area (Å²) in [6, 6.07) is 11.2. The summed E-state index contributed by atoms with van der Waals surface area (Å²) >= 11 is 1.38. The highest BCUT2D eigenvalue weighted by Crippen LogP contribution is 2.28. The van der Waals surface area contributed by atoms with Crippen LogP contribution in [0.4, 0.5) is 17.2 Å². The second-order valence-corrected chi connectivity index (χ2v) is 8.07. The summed E-state index contributed by atoms with van der Waals surface area (Å²) in [5, 5.41) is 5.42. The van der Waals surface area contributed by atoms with Crippen LogP contribution in [0.3, 0.4) is 0 Å². The minimum Gasteiger partial charge on any atom is -0.384 e. The molecule has 0 bridgehead atoms. The van der Waals surface area contributed by atoms with E-state index in [4.69, 9.17) is 11.5 Å². The Balaban J connectivity index is 0.00000193. The van der Waals surface area contributed by atoms with Crippen molar-refractivity contribution >= 4 is 65.2 Å². The van der Waals surface area contributed by atoms with Gasteiger partial charge in [0.2, 0.25) is 5.91 Å². The Hall–Kier alpha value is -2.92. The SMILES string of the molecule is Cl.Cl.NC(=O)CN1CCN(c2ccccc2NC(=O)c2csc(-c3ccnc(N)c3)n2)CC1. The van der Waals surface area contributed by atoms with E-state index in [1.54, 1.807) is 17.6 Å². The zero-order valence-electron chi connectivity index (χ0n) is 17.6. The lowest BCUT2D eigenvalue weighted by atomic mass is 10.2. The molecule has 1 aliphatic rings. The van der Waals surface area contributed by atoms with Crippen LogP contribution in [-0.2, 0) is 4.79 Å². The van der Waals surface area contributed by atoms with E-state index in [2.05, 4.69) is 20.2 Å². The first-order chi connectivity index (χ1) is 15.0. The summed E-state index contributed by atoms with van der Waals surface area (Å²) in [7, 11) is 0. The van der Waals surface area contributed by atoms with Crippen LogP contribution in [-0.4, -0.2) is 59.4 Å². The molecule has 1 saturated heterocycles. The van der Waals surface area contributed by atoms with E-state index < -0.39 is 0 Å². The minimum atomic E-state index is -0.321. The van der Waals surface area contributed by atoms with Crippen LogP contribution in [0, 0.1) is 0 Å². The zero-order valence-corrected chi connectivity index (χ0v) is 20.1. The number of aromatic nitrogens is 2. The number of halogens is 2. The number of nitrogens with zero attached hydrogens (tertiary/aromatic N) is 4. The van der Waals surface area contributed by atoms with Gasteiger partial charge in [-0.15, -0.1) is 36.2 Å². The lowest BCUT2D eigenvalue weighted by Gasteiger charge is -2.36. The molecular weight excluding hydrogens is 485 g/mol. The number of nitrogens with two attached hydrogens (primary N) is 2. The maximum absolute atomic E-state index is 12.9. The third-order valence-corrected chi connectivity index (χ3v) is 5.90. The number of carbonyl (C=O) groups excluding carboxylic acids is 2. The number of rotatable bonds is 6. The smallest absolute Gasteiger partial charge is 0.275 e. The van der Waals surface area contributed by atoms with Crippen molar-refractivity contribution in [2.24, 2.45) is 5.73 Å². The normalized spacial score (nSPS) is 13.5. The number of thiazole rings is 1. The number of carbonyl (C=O) groups is 2. The maximum atomic E-state index is 12.9. The van der Waals surface area contributed by atoms with Crippen LogP contribution in [0.25, 0.3) is 10.6 Å². The van der Waals surface area contributed by atoms with Crippen molar-refractivity contribution in [2.75, 3.05) is 48.7 Å². The Kier molecular flexibility index (Phi) is 9.42. The van der Waals surface area contributed by atoms with Gasteiger partial charge in [0.25, 0.3) is 5.91 Å². The van der Waals surface area contributed by atoms with Gasteiger partial charge in [-0.05, 0) is 24.3 Å². The van der Waals surface area contributed by atoms with Gasteiger partial charge in [-0.1, -0.05) is 12.1 Å². The summed E-state index contributed by atoms with van der Waals surface area (Å²) < 4.78 is 0. The van der Waals surface area contributed by atoms with Gasteiger partial charge in [0.1, 0.15) is 16.5 Å². The van der Waals surface area contributed by atoms with Crippen molar-refractivity contribution in [3.8, 4) is 10.6 Å². The summed E-state index contributed by atoms with van der Waals surface area (Å²) in [5.74, 6) is -0.189. The molecule has 0 atom stereocenters. The number of hydrogen-bond acceptors (Lipinski definition) is 8. The molecule has 2 aromatic heterocycles. The average Bonchev–Trinajstić information content (AvgIpc) is 3.25. The summed E-state index contributed by atoms with van der Waals surface area (Å²) in [6.45, 7) is 3.21. The molecule has 9 nitrogen and oxygen atoms in total. The molecule has 3 aromatic rings. The average molecular weight is 510 g/mol. The van der Waals surface area contributed by atoms with Gasteiger partial charge in [0.05, 0.1) is 17.9 Å². The summed E-state index contributed by atoms with van der Waals surface area (Å²) in [5.41, 5.74) is 13.9. The van der Waals surface area contributed by atoms with Crippen LogP contribution in [0.5, 0.6) is 0 Å². The van der Waals surface area contributed by atoms with Crippen molar-refractivity contribution in [1.82, 2.24) is 14.9 Å². The van der Waals surface area contributed by atoms with Gasteiger partial charge in [0, 0.05) is 43.3 Å². The molecule has 2 amide bonds. The molecule has 0 unspecified atom stereocenters. The monoisotopic (exact) mass is 509 g/mol. The number of nitrogens with one attached hydrogen (secondary N) is 1. The van der Waals surface area contributed by atoms with Crippen molar-refractivity contribution in [1.29, 1.82) is 0 Å². The van der Waals surface area contributed by atoms with Gasteiger partial charge >= 0.3 is 0 Å². The first kappa shape index (κ1) is 26.3. The van der Waals surface area contributed by atoms with E-state index in [-0.39, 0.29) is 43.2 Å². The minimum absolute atomic E-state index is 0. The first-order valence-electron chi connectivity index (χ1n) is 9.83. The zero-order chi connectivity index (χ0) is 21.8. The van der Waals surface area contributed by atoms with Crippen molar-refractivity contribution < 1.29 is 9.59 Å². The van der Waals surface area contributed by atoms with Gasteiger partial charge in [-0.2, -0.15) is 0 Å². The van der Waals surface area contributed by atoms with E-state index in [9.17, 15) is 9.59 Å². The van der Waals surface area contributed by atoms with E-state index in [0.29, 0.717) is 16.5 Å². The van der Waals surface area contributed by atoms with E-state index in [1.807, 2.05) is 35.2 Å². The lowest BCUT2D eigenvalue weighted by Crippen LogP contribution is -2.49. The summed E-state index contributed by atoms with van der Waals surface area (Å²) in [4.78, 5) is 36.7. The fraction of sp³-hybridized carbons (Fsp3) is 0.238. The number of para-hydroxylation sites is 2. The highest BCUT2D eigenvalue weighted by Gasteiger charge is 2.21. The van der Waals surface area contributed by atoms with Crippen LogP contribution < -0.4 is 21.7 Å². The van der Waals surface area contributed by atoms with Crippen molar-refractivity contribution in [3.63, 3.8) is 0 Å². The topological polar surface area (TPSA) is 130 Å². The molecule has 5 N–H and O–H groups in total. The number of hydrogen-bond donors (Lipinski definition) is 3. The third-order valence-electron chi connectivity index (χ3n) is 5.01. The molecule has 0 aliphatic carbocycles. The number of primary amides is 1. The Labute approximate surface area is 208 Å². The molecular formula is C21H25Cl2N7O2S. The standard InChI is InChI=1S/C21H23N7O2S.2ClH/c22-18-11-14(5-6-24-18)21-26-16(13-31-21)20(30)25-15-3-1-2-4-17(15)28-9-7-27(8-10-28)12-19(23)29;;/h1-6,11,13H,7-10,12H2,(H2,22,24)(H2,23,29)(H,25,30);2*1H. The lowest BCUT2D eigenvalue weighted by molar-refractivity contribution is -0.119. The largest absolute Gasteiger partial charge is 0.384 e. The fourth-order valence-corrected chi connectivity index (χ4v) is 4.30. The van der Waals surface area contributed by atoms with Gasteiger partial charge in [-0.3, -0.25) is 14.5 Å². The third kappa shape index (κ3) is 6.55. The molecule has 3 heterocycles. The number of anilines is 3. The molecule has 33 heavy (non-hydrogen) atoms. The Bertz CT molecular complexity index is 1100. The maximum Gasteiger partial charge on any atom is 0.275 e. The van der Waals surface area contributed by atoms with E-state index in [1.165, 1.54) is 11.3 Å². The first-order valence-corrected chi connectivity index (χ1v) is 10.7. The van der Waals surface area contributed by atoms with Gasteiger partial charge in [0.15, 0.2) is 0 Å². The highest BCUT2D eigenvalue weighted by molar-refractivity contribution is 7.13. The number of piperazine rings is 1. The fourth-order valence-electron chi connectivity index (χ4n) is 3.50. The molecule has 0 saturated carbocycles. The Morgan fingerprint density at radius 1 is 1.09 bits per heavy atom. The van der Waals surface area contributed by atoms with E-state index >= 15 is 0 Å². The molecule has 12 heteroatoms. The quantitative estimate of drug-likeness (QED) is 0.465. The van der Waals surface area contributed by atoms with Crippen LogP contribution in [0.15, 0.2) is 48.0 Å². The van der Waals surface area contributed by atoms with Crippen LogP contribution >= 0.6 is 36.2 Å². The molecule has 0 radical (unpaired) electrons. The van der Waals surface area contributed by atoms with Crippen molar-refractivity contribution in [3.05, 3.63) is 53.7 Å². The molecule has 176 valence electrons. The van der Waals surface area contributed by atoms with Crippen LogP contribution in [0.1, 0.15) is 10.5 Å². The summed E-state index contributed by atoms with van der Waals surface area (Å²) in [6.07, 6.45) is 1.62. The van der Waals surface area contributed by atoms with Gasteiger partial charge in [-0.25, -0.2) is 9.97 Å². The Morgan fingerprint density at radius 3 is 2.52 bits per heavy atom. The van der Waals surface area contributed by atoms with Crippen molar-refractivity contribution in [2.45, 2.75) is 0 Å². The van der Waals surface area contributed by atoms with Crippen LogP contribution in [0.2, 0.25) is 0 Å². The Morgan fingerprint density at radius 2 is 1.82 bits per heavy atom. The predicted molar refractivity (Wildman–Crippen MR) is 136 cm³/mol. The number of amides is 2. The second-order valence-electron chi connectivity index (χ2n) is 7.21. The second kappa shape index (κ2) is 11.8. The number of nitrogen functional groups attached to an aromatic ring is 1. The number of pyridine rings is 1. The van der Waals surface area contributed by atoms with E-state index in [0.717, 1.165) is 43.1 Å². The molecule has 1 aliphatic heterocycles.